The summed E-state index contributed by atoms with van der Waals surface area (Å²) in [6, 6.07) is 0.234. The van der Waals surface area contributed by atoms with Crippen LogP contribution in [0.5, 0.6) is 0 Å². The molecule has 3 saturated heterocycles. The molecule has 0 radical (unpaired) electrons. The molecule has 3 aliphatic heterocycles. The number of piperidine rings is 1. The third-order valence-corrected chi connectivity index (χ3v) is 5.99. The first kappa shape index (κ1) is 20.4. The fourth-order valence-electron chi connectivity index (χ4n) is 5.06. The van der Waals surface area contributed by atoms with Crippen molar-refractivity contribution in [2.75, 3.05) is 45.8 Å². The minimum Gasteiger partial charge on any atom is -0.342 e. The highest BCUT2D eigenvalue weighted by atomic mass is 16.2. The Bertz CT molecular complexity index is 533. The number of amides is 3. The summed E-state index contributed by atoms with van der Waals surface area (Å²) in [7, 11) is 0. The number of rotatable bonds is 3. The maximum Gasteiger partial charge on any atom is 0.317 e. The molecule has 27 heavy (non-hydrogen) atoms. The van der Waals surface area contributed by atoms with Gasteiger partial charge < -0.3 is 20.4 Å². The third kappa shape index (κ3) is 5.57. The lowest BCUT2D eigenvalue weighted by Crippen LogP contribution is -2.63. The molecule has 154 valence electrons. The molecule has 3 aliphatic rings. The maximum atomic E-state index is 12.7. The predicted molar refractivity (Wildman–Crippen MR) is 107 cm³/mol. The first-order chi connectivity index (χ1) is 12.6. The maximum absolute atomic E-state index is 12.7. The Kier molecular flexibility index (Phi) is 6.01. The zero-order valence-electron chi connectivity index (χ0n) is 17.5. The fraction of sp³-hybridized carbons (Fsp3) is 0.900. The molecule has 0 aromatic carbocycles. The number of nitrogens with zero attached hydrogens (tertiary/aromatic N) is 3. The lowest BCUT2D eigenvalue weighted by Gasteiger charge is -2.47. The zero-order valence-corrected chi connectivity index (χ0v) is 17.5. The monoisotopic (exact) mass is 379 g/mol. The highest BCUT2D eigenvalue weighted by Gasteiger charge is 2.38. The Morgan fingerprint density at radius 3 is 2.00 bits per heavy atom. The lowest BCUT2D eigenvalue weighted by molar-refractivity contribution is -0.131. The molecule has 3 heterocycles. The SMILES string of the molecule is CC1(C)CC(NC(=O)N2CCN(CC(=O)N3CCCC3)CC2)CC(C)(C)N1. The third-order valence-electron chi connectivity index (χ3n) is 5.99. The summed E-state index contributed by atoms with van der Waals surface area (Å²) in [5.74, 6) is 0.240. The quantitative estimate of drug-likeness (QED) is 0.774. The second-order valence-corrected chi connectivity index (χ2v) is 9.80. The van der Waals surface area contributed by atoms with Gasteiger partial charge in [0.2, 0.25) is 5.91 Å². The van der Waals surface area contributed by atoms with Crippen molar-refractivity contribution in [2.45, 2.75) is 70.5 Å². The number of likely N-dealkylation sites (tertiary alicyclic amines) is 1. The molecule has 7 nitrogen and oxygen atoms in total. The van der Waals surface area contributed by atoms with Crippen LogP contribution in [0.3, 0.4) is 0 Å². The molecule has 3 fully saturated rings. The van der Waals surface area contributed by atoms with Crippen LogP contribution in [0.1, 0.15) is 53.4 Å². The number of nitrogens with one attached hydrogen (secondary N) is 2. The summed E-state index contributed by atoms with van der Waals surface area (Å²) in [4.78, 5) is 31.1. The van der Waals surface area contributed by atoms with Crippen molar-refractivity contribution in [1.29, 1.82) is 0 Å². The topological polar surface area (TPSA) is 67.9 Å². The molecule has 0 bridgehead atoms. The van der Waals surface area contributed by atoms with Crippen LogP contribution in [-0.2, 0) is 4.79 Å². The normalized spacial score (nSPS) is 26.2. The summed E-state index contributed by atoms with van der Waals surface area (Å²) in [6.07, 6.45) is 4.13. The van der Waals surface area contributed by atoms with E-state index in [4.69, 9.17) is 0 Å². The molecule has 0 spiro atoms. The molecule has 0 aromatic rings. The molecule has 3 amide bonds. The molecule has 3 rings (SSSR count). The van der Waals surface area contributed by atoms with Gasteiger partial charge in [-0.05, 0) is 53.4 Å². The van der Waals surface area contributed by atoms with Crippen molar-refractivity contribution in [3.63, 3.8) is 0 Å². The number of hydrogen-bond acceptors (Lipinski definition) is 4. The Morgan fingerprint density at radius 2 is 1.44 bits per heavy atom. The lowest BCUT2D eigenvalue weighted by atomic mass is 9.80. The second kappa shape index (κ2) is 7.95. The van der Waals surface area contributed by atoms with Crippen molar-refractivity contribution >= 4 is 11.9 Å². The van der Waals surface area contributed by atoms with Gasteiger partial charge in [-0.1, -0.05) is 0 Å². The van der Waals surface area contributed by atoms with Crippen LogP contribution >= 0.6 is 0 Å². The van der Waals surface area contributed by atoms with E-state index >= 15 is 0 Å². The van der Waals surface area contributed by atoms with Crippen LogP contribution in [0.25, 0.3) is 0 Å². The summed E-state index contributed by atoms with van der Waals surface area (Å²) in [5.41, 5.74) is 0.0443. The largest absolute Gasteiger partial charge is 0.342 e. The van der Waals surface area contributed by atoms with Crippen LogP contribution in [0, 0.1) is 0 Å². The van der Waals surface area contributed by atoms with Gasteiger partial charge in [-0.25, -0.2) is 4.79 Å². The molecule has 7 heteroatoms. The highest BCUT2D eigenvalue weighted by molar-refractivity contribution is 5.78. The Labute approximate surface area is 163 Å². The van der Waals surface area contributed by atoms with Gasteiger partial charge in [-0.3, -0.25) is 9.69 Å². The van der Waals surface area contributed by atoms with Crippen molar-refractivity contribution in [3.05, 3.63) is 0 Å². The van der Waals surface area contributed by atoms with E-state index in [1.165, 1.54) is 0 Å². The second-order valence-electron chi connectivity index (χ2n) is 9.80. The summed E-state index contributed by atoms with van der Waals surface area (Å²) < 4.78 is 0. The van der Waals surface area contributed by atoms with Crippen LogP contribution in [0.2, 0.25) is 0 Å². The van der Waals surface area contributed by atoms with E-state index in [-0.39, 0.29) is 29.1 Å². The Hall–Kier alpha value is -1.34. The number of carbonyl (C=O) groups is 2. The van der Waals surface area contributed by atoms with Gasteiger partial charge in [0.1, 0.15) is 0 Å². The van der Waals surface area contributed by atoms with E-state index in [2.05, 4.69) is 43.2 Å². The van der Waals surface area contributed by atoms with E-state index in [1.807, 2.05) is 9.80 Å². The van der Waals surface area contributed by atoms with Crippen molar-refractivity contribution in [1.82, 2.24) is 25.3 Å². The van der Waals surface area contributed by atoms with E-state index in [0.717, 1.165) is 51.9 Å². The first-order valence-corrected chi connectivity index (χ1v) is 10.5. The molecule has 0 unspecified atom stereocenters. The summed E-state index contributed by atoms with van der Waals surface area (Å²) >= 11 is 0. The van der Waals surface area contributed by atoms with E-state index in [1.54, 1.807) is 0 Å². The van der Waals surface area contributed by atoms with Gasteiger partial charge in [0.15, 0.2) is 0 Å². The molecular weight excluding hydrogens is 342 g/mol. The van der Waals surface area contributed by atoms with Gasteiger partial charge >= 0.3 is 6.03 Å². The number of carbonyl (C=O) groups excluding carboxylic acids is 2. The number of piperazine rings is 1. The van der Waals surface area contributed by atoms with E-state index in [0.29, 0.717) is 19.6 Å². The van der Waals surface area contributed by atoms with Crippen molar-refractivity contribution < 1.29 is 9.59 Å². The summed E-state index contributed by atoms with van der Waals surface area (Å²) in [5, 5.41) is 6.91. The summed E-state index contributed by atoms with van der Waals surface area (Å²) in [6.45, 7) is 14.0. The smallest absolute Gasteiger partial charge is 0.317 e. The van der Waals surface area contributed by atoms with Gasteiger partial charge in [0, 0.05) is 56.4 Å². The van der Waals surface area contributed by atoms with Gasteiger partial charge in [-0.2, -0.15) is 0 Å². The highest BCUT2D eigenvalue weighted by Crippen LogP contribution is 2.28. The number of hydrogen-bond donors (Lipinski definition) is 2. The first-order valence-electron chi connectivity index (χ1n) is 10.5. The van der Waals surface area contributed by atoms with Crippen molar-refractivity contribution in [2.24, 2.45) is 0 Å². The molecule has 0 aliphatic carbocycles. The van der Waals surface area contributed by atoms with Crippen LogP contribution in [0.15, 0.2) is 0 Å². The Morgan fingerprint density at radius 1 is 0.889 bits per heavy atom. The molecule has 0 saturated carbocycles. The van der Waals surface area contributed by atoms with E-state index < -0.39 is 0 Å². The molecule has 2 N–H and O–H groups in total. The minimum absolute atomic E-state index is 0.0222. The van der Waals surface area contributed by atoms with Gasteiger partial charge in [0.05, 0.1) is 6.54 Å². The average Bonchev–Trinajstić information content (AvgIpc) is 3.07. The van der Waals surface area contributed by atoms with Crippen molar-refractivity contribution in [3.8, 4) is 0 Å². The fourth-order valence-corrected chi connectivity index (χ4v) is 5.06. The number of urea groups is 1. The average molecular weight is 380 g/mol. The van der Waals surface area contributed by atoms with Crippen LogP contribution < -0.4 is 10.6 Å². The molecule has 0 atom stereocenters. The van der Waals surface area contributed by atoms with Crippen LogP contribution in [0.4, 0.5) is 4.79 Å². The molecule has 0 aromatic heterocycles. The Balaban J connectivity index is 1.43. The predicted octanol–water partition coefficient (Wildman–Crippen LogP) is 1.25. The zero-order chi connectivity index (χ0) is 19.7. The van der Waals surface area contributed by atoms with Crippen LogP contribution in [-0.4, -0.2) is 89.6 Å². The van der Waals surface area contributed by atoms with E-state index in [9.17, 15) is 9.59 Å². The van der Waals surface area contributed by atoms with Gasteiger partial charge in [-0.15, -0.1) is 0 Å². The minimum atomic E-state index is 0.0222. The molecular formula is C20H37N5O2. The van der Waals surface area contributed by atoms with Gasteiger partial charge in [0.25, 0.3) is 0 Å². The standard InChI is InChI=1S/C20H37N5O2/c1-19(2)13-16(14-20(3,4)22-19)21-18(27)25-11-9-23(10-12-25)15-17(26)24-7-5-6-8-24/h16,22H,5-15H2,1-4H3,(H,21,27).